The minimum atomic E-state index is -4.45. The quantitative estimate of drug-likeness (QED) is 0.573. The molecule has 6 nitrogen and oxygen atoms in total. The van der Waals surface area contributed by atoms with E-state index in [1.807, 2.05) is 0 Å². The minimum absolute atomic E-state index is 0.0611. The smallest absolute Gasteiger partial charge is 0.416 e. The third kappa shape index (κ3) is 5.95. The van der Waals surface area contributed by atoms with Gasteiger partial charge in [0.25, 0.3) is 5.91 Å². The number of aromatic nitrogens is 1. The van der Waals surface area contributed by atoms with Gasteiger partial charge in [0.2, 0.25) is 0 Å². The number of nitrogens with two attached hydrogens (primary N) is 1. The van der Waals surface area contributed by atoms with Crippen LogP contribution in [0.1, 0.15) is 27.2 Å². The summed E-state index contributed by atoms with van der Waals surface area (Å²) in [6, 6.07) is 14.5. The van der Waals surface area contributed by atoms with E-state index in [9.17, 15) is 18.0 Å². The number of rotatable bonds is 7. The number of halogens is 3. The van der Waals surface area contributed by atoms with Crippen molar-refractivity contribution in [2.45, 2.75) is 19.3 Å². The van der Waals surface area contributed by atoms with Crippen LogP contribution in [0.15, 0.2) is 60.7 Å². The fourth-order valence-corrected chi connectivity index (χ4v) is 2.81. The first-order valence-corrected chi connectivity index (χ1v) is 9.23. The Morgan fingerprint density at radius 3 is 2.45 bits per heavy atom. The van der Waals surface area contributed by atoms with Crippen LogP contribution < -0.4 is 15.8 Å². The molecule has 2 aromatic carbocycles. The number of nitrogen functional groups attached to an aromatic ring is 1. The molecule has 0 saturated carbocycles. The molecule has 0 aliphatic rings. The number of ether oxygens (including phenoxy) is 2. The van der Waals surface area contributed by atoms with Crippen molar-refractivity contribution in [2.75, 3.05) is 12.8 Å². The number of benzene rings is 2. The van der Waals surface area contributed by atoms with Gasteiger partial charge < -0.3 is 20.5 Å². The molecular weight excluding hydrogens is 411 g/mol. The van der Waals surface area contributed by atoms with Crippen molar-refractivity contribution in [1.82, 2.24) is 10.3 Å². The highest BCUT2D eigenvalue weighted by Crippen LogP contribution is 2.32. The highest BCUT2D eigenvalue weighted by molar-refractivity contribution is 5.98. The fraction of sp³-hybridized carbons (Fsp3) is 0.182. The van der Waals surface area contributed by atoms with Crippen molar-refractivity contribution in [3.63, 3.8) is 0 Å². The molecule has 0 fully saturated rings. The van der Waals surface area contributed by atoms with E-state index in [1.165, 1.54) is 19.2 Å². The van der Waals surface area contributed by atoms with E-state index in [2.05, 4.69) is 10.3 Å². The molecule has 1 heterocycles. The number of methoxy groups -OCH3 is 1. The average molecular weight is 431 g/mol. The highest BCUT2D eigenvalue weighted by Gasteiger charge is 2.30. The van der Waals surface area contributed by atoms with Crippen LogP contribution in [0, 0.1) is 0 Å². The van der Waals surface area contributed by atoms with E-state index in [4.69, 9.17) is 15.2 Å². The standard InChI is InChI=1S/C22H20F3N3O3/c1-30-13-16-8-9-19(20(26)28-16)21(29)27-12-14-4-2-6-17(10-14)31-18-7-3-5-15(11-18)22(23,24)25/h2-11H,12-13H2,1H3,(H2,26,28)(H,27,29). The number of pyridine rings is 1. The van der Waals surface area contributed by atoms with Gasteiger partial charge in [-0.25, -0.2) is 4.98 Å². The zero-order chi connectivity index (χ0) is 22.4. The lowest BCUT2D eigenvalue weighted by atomic mass is 10.2. The van der Waals surface area contributed by atoms with Gasteiger partial charge in [-0.2, -0.15) is 13.2 Å². The predicted octanol–water partition coefficient (Wildman–Crippen LogP) is 4.55. The lowest BCUT2D eigenvalue weighted by molar-refractivity contribution is -0.137. The number of hydrogen-bond donors (Lipinski definition) is 2. The monoisotopic (exact) mass is 431 g/mol. The SMILES string of the molecule is COCc1ccc(C(=O)NCc2cccc(Oc3cccc(C(F)(F)F)c3)c2)c(N)n1. The van der Waals surface area contributed by atoms with Gasteiger partial charge in [0.05, 0.1) is 23.4 Å². The van der Waals surface area contributed by atoms with E-state index in [-0.39, 0.29) is 30.3 Å². The van der Waals surface area contributed by atoms with Gasteiger partial charge >= 0.3 is 6.18 Å². The summed E-state index contributed by atoms with van der Waals surface area (Å²) in [4.78, 5) is 16.5. The molecule has 3 N–H and O–H groups in total. The number of carbonyl (C=O) groups is 1. The Bertz CT molecular complexity index is 1070. The van der Waals surface area contributed by atoms with Crippen molar-refractivity contribution in [3.05, 3.63) is 83.0 Å². The maximum absolute atomic E-state index is 12.9. The number of alkyl halides is 3. The molecule has 0 aliphatic carbocycles. The van der Waals surface area contributed by atoms with Crippen molar-refractivity contribution in [3.8, 4) is 11.5 Å². The predicted molar refractivity (Wildman–Crippen MR) is 108 cm³/mol. The summed E-state index contributed by atoms with van der Waals surface area (Å²) in [5.74, 6) is 0.0917. The first-order valence-electron chi connectivity index (χ1n) is 9.23. The number of anilines is 1. The summed E-state index contributed by atoms with van der Waals surface area (Å²) in [5.41, 5.74) is 6.59. The molecule has 0 unspecified atom stereocenters. The van der Waals surface area contributed by atoms with Crippen molar-refractivity contribution in [1.29, 1.82) is 0 Å². The Balaban J connectivity index is 1.65. The van der Waals surface area contributed by atoms with Gasteiger partial charge in [-0.1, -0.05) is 18.2 Å². The first kappa shape index (κ1) is 22.1. The Labute approximate surface area is 176 Å². The molecule has 3 rings (SSSR count). The number of hydrogen-bond acceptors (Lipinski definition) is 5. The first-order chi connectivity index (χ1) is 14.8. The molecular formula is C22H20F3N3O3. The molecule has 31 heavy (non-hydrogen) atoms. The third-order valence-electron chi connectivity index (χ3n) is 4.27. The molecule has 0 radical (unpaired) electrons. The molecule has 1 aromatic heterocycles. The topological polar surface area (TPSA) is 86.5 Å². The van der Waals surface area contributed by atoms with E-state index in [1.54, 1.807) is 36.4 Å². The number of carbonyl (C=O) groups excluding carboxylic acids is 1. The zero-order valence-electron chi connectivity index (χ0n) is 16.6. The summed E-state index contributed by atoms with van der Waals surface area (Å²) in [5, 5.41) is 2.73. The van der Waals surface area contributed by atoms with Crippen LogP contribution in [0.5, 0.6) is 11.5 Å². The number of nitrogens with one attached hydrogen (secondary N) is 1. The molecule has 0 atom stereocenters. The van der Waals surface area contributed by atoms with Gasteiger partial charge in [-0.05, 0) is 48.0 Å². The average Bonchev–Trinajstić information content (AvgIpc) is 2.72. The molecule has 9 heteroatoms. The van der Waals surface area contributed by atoms with Crippen LogP contribution in [0.2, 0.25) is 0 Å². The van der Waals surface area contributed by atoms with Crippen LogP contribution in [-0.2, 0) is 24.1 Å². The lowest BCUT2D eigenvalue weighted by Crippen LogP contribution is -2.24. The Hall–Kier alpha value is -3.59. The van der Waals surface area contributed by atoms with Crippen LogP contribution >= 0.6 is 0 Å². The molecule has 162 valence electrons. The van der Waals surface area contributed by atoms with Gasteiger partial charge in [0, 0.05) is 13.7 Å². The summed E-state index contributed by atoms with van der Waals surface area (Å²) in [6.07, 6.45) is -4.45. The molecule has 0 spiro atoms. The summed E-state index contributed by atoms with van der Waals surface area (Å²) < 4.78 is 49.1. The lowest BCUT2D eigenvalue weighted by Gasteiger charge is -2.11. The van der Waals surface area contributed by atoms with Gasteiger partial charge in [-0.3, -0.25) is 4.79 Å². The van der Waals surface area contributed by atoms with E-state index in [0.717, 1.165) is 12.1 Å². The molecule has 3 aromatic rings. The second-order valence-electron chi connectivity index (χ2n) is 6.63. The van der Waals surface area contributed by atoms with Gasteiger partial charge in [0.1, 0.15) is 17.3 Å². The molecule has 1 amide bonds. The minimum Gasteiger partial charge on any atom is -0.457 e. The van der Waals surface area contributed by atoms with Crippen LogP contribution in [0.4, 0.5) is 19.0 Å². The number of amides is 1. The van der Waals surface area contributed by atoms with Gasteiger partial charge in [-0.15, -0.1) is 0 Å². The largest absolute Gasteiger partial charge is 0.457 e. The molecule has 0 aliphatic heterocycles. The summed E-state index contributed by atoms with van der Waals surface area (Å²) in [7, 11) is 1.53. The van der Waals surface area contributed by atoms with E-state index in [0.29, 0.717) is 17.0 Å². The zero-order valence-corrected chi connectivity index (χ0v) is 16.6. The maximum Gasteiger partial charge on any atom is 0.416 e. The summed E-state index contributed by atoms with van der Waals surface area (Å²) in [6.45, 7) is 0.447. The van der Waals surface area contributed by atoms with Gasteiger partial charge in [0.15, 0.2) is 0 Å². The van der Waals surface area contributed by atoms with E-state index >= 15 is 0 Å². The maximum atomic E-state index is 12.9. The highest BCUT2D eigenvalue weighted by atomic mass is 19.4. The number of nitrogens with zero attached hydrogens (tertiary/aromatic N) is 1. The van der Waals surface area contributed by atoms with Crippen LogP contribution in [0.3, 0.4) is 0 Å². The summed E-state index contributed by atoms with van der Waals surface area (Å²) >= 11 is 0. The van der Waals surface area contributed by atoms with Crippen LogP contribution in [-0.4, -0.2) is 18.0 Å². The van der Waals surface area contributed by atoms with Crippen LogP contribution in [0.25, 0.3) is 0 Å². The van der Waals surface area contributed by atoms with Crippen molar-refractivity contribution < 1.29 is 27.4 Å². The second-order valence-corrected chi connectivity index (χ2v) is 6.63. The van der Waals surface area contributed by atoms with E-state index < -0.39 is 17.6 Å². The van der Waals surface area contributed by atoms with Crippen molar-refractivity contribution in [2.24, 2.45) is 0 Å². The third-order valence-corrected chi connectivity index (χ3v) is 4.27. The fourth-order valence-electron chi connectivity index (χ4n) is 2.81. The second kappa shape index (κ2) is 9.48. The Kier molecular flexibility index (Phi) is 6.76. The normalized spacial score (nSPS) is 11.2. The molecule has 0 saturated heterocycles. The molecule has 0 bridgehead atoms. The Morgan fingerprint density at radius 2 is 1.77 bits per heavy atom. The van der Waals surface area contributed by atoms with Crippen molar-refractivity contribution >= 4 is 11.7 Å². The Morgan fingerprint density at radius 1 is 1.06 bits per heavy atom.